The van der Waals surface area contributed by atoms with Gasteiger partial charge in [0, 0.05) is 25.4 Å². The van der Waals surface area contributed by atoms with Crippen LogP contribution in [-0.4, -0.2) is 32.9 Å². The van der Waals surface area contributed by atoms with Gasteiger partial charge in [0.05, 0.1) is 11.2 Å². The van der Waals surface area contributed by atoms with Crippen molar-refractivity contribution >= 4 is 5.91 Å². The zero-order valence-electron chi connectivity index (χ0n) is 14.2. The molecular formula is C18H25N3O2. The Labute approximate surface area is 137 Å². The van der Waals surface area contributed by atoms with Crippen LogP contribution in [0.5, 0.6) is 0 Å². The fourth-order valence-corrected chi connectivity index (χ4v) is 2.43. The van der Waals surface area contributed by atoms with Crippen LogP contribution in [0.1, 0.15) is 37.6 Å². The van der Waals surface area contributed by atoms with E-state index >= 15 is 0 Å². The number of carbonyl (C=O) groups excluding carboxylic acids is 1. The highest BCUT2D eigenvalue weighted by Crippen LogP contribution is 2.22. The number of nitrogens with one attached hydrogen (secondary N) is 1. The van der Waals surface area contributed by atoms with Crippen molar-refractivity contribution in [2.45, 2.75) is 32.8 Å². The van der Waals surface area contributed by atoms with Gasteiger partial charge in [0.25, 0.3) is 5.91 Å². The van der Waals surface area contributed by atoms with Gasteiger partial charge < -0.3 is 10.4 Å². The minimum atomic E-state index is -0.931. The summed E-state index contributed by atoms with van der Waals surface area (Å²) < 4.78 is 1.63. The Balaban J connectivity index is 2.18. The van der Waals surface area contributed by atoms with E-state index in [1.807, 2.05) is 44.2 Å². The molecule has 5 heteroatoms. The van der Waals surface area contributed by atoms with Crippen LogP contribution in [0, 0.1) is 5.92 Å². The first-order valence-electron chi connectivity index (χ1n) is 7.94. The molecule has 1 heterocycles. The Kier molecular flexibility index (Phi) is 5.21. The first-order valence-corrected chi connectivity index (χ1v) is 7.94. The molecule has 0 saturated heterocycles. The van der Waals surface area contributed by atoms with Crippen molar-refractivity contribution in [2.24, 2.45) is 13.0 Å². The predicted molar refractivity (Wildman–Crippen MR) is 91.1 cm³/mol. The Morgan fingerprint density at radius 3 is 2.65 bits per heavy atom. The number of rotatable bonds is 6. The topological polar surface area (TPSA) is 67.2 Å². The van der Waals surface area contributed by atoms with Crippen molar-refractivity contribution in [3.8, 4) is 11.3 Å². The van der Waals surface area contributed by atoms with Gasteiger partial charge in [-0.1, -0.05) is 50.6 Å². The van der Waals surface area contributed by atoms with Crippen molar-refractivity contribution in [2.75, 3.05) is 6.54 Å². The minimum absolute atomic E-state index is 0.102. The number of carbonyl (C=O) groups is 1. The summed E-state index contributed by atoms with van der Waals surface area (Å²) in [4.78, 5) is 12.5. The molecule has 1 aromatic carbocycles. The molecule has 2 N–H and O–H groups in total. The maximum atomic E-state index is 12.5. The number of nitrogens with zero attached hydrogens (tertiary/aromatic N) is 2. The SMILES string of the molecule is CC[C@H](C)[C@](C)(O)CNC(=O)c1cn(C)nc1-c1ccccc1. The number of amides is 1. The molecule has 0 saturated carbocycles. The second-order valence-corrected chi connectivity index (χ2v) is 6.28. The Bertz CT molecular complexity index is 662. The van der Waals surface area contributed by atoms with Crippen LogP contribution in [0.15, 0.2) is 36.5 Å². The predicted octanol–water partition coefficient (Wildman–Crippen LogP) is 2.61. The molecule has 0 unspecified atom stereocenters. The van der Waals surface area contributed by atoms with Gasteiger partial charge in [-0.05, 0) is 12.8 Å². The minimum Gasteiger partial charge on any atom is -0.388 e. The third kappa shape index (κ3) is 3.99. The van der Waals surface area contributed by atoms with Gasteiger partial charge in [0.15, 0.2) is 0 Å². The van der Waals surface area contributed by atoms with Crippen molar-refractivity contribution in [3.05, 3.63) is 42.1 Å². The lowest BCUT2D eigenvalue weighted by Crippen LogP contribution is -2.45. The fourth-order valence-electron chi connectivity index (χ4n) is 2.43. The van der Waals surface area contributed by atoms with Crippen LogP contribution in [0.4, 0.5) is 0 Å². The molecule has 1 aromatic heterocycles. The third-order valence-corrected chi connectivity index (χ3v) is 4.40. The standard InChI is InChI=1S/C18H25N3O2/c1-5-13(2)18(3,23)12-19-17(22)15-11-21(4)20-16(15)14-9-7-6-8-10-14/h6-11,13,23H,5,12H2,1-4H3,(H,19,22)/t13-,18+/m0/s1. The van der Waals surface area contributed by atoms with Gasteiger partial charge in [-0.3, -0.25) is 9.48 Å². The maximum Gasteiger partial charge on any atom is 0.255 e. The lowest BCUT2D eigenvalue weighted by molar-refractivity contribution is 0.00593. The molecule has 5 nitrogen and oxygen atoms in total. The smallest absolute Gasteiger partial charge is 0.255 e. The number of hydrogen-bond donors (Lipinski definition) is 2. The largest absolute Gasteiger partial charge is 0.388 e. The number of aromatic nitrogens is 2. The van der Waals surface area contributed by atoms with E-state index in [0.29, 0.717) is 11.3 Å². The van der Waals surface area contributed by atoms with Crippen molar-refractivity contribution in [3.63, 3.8) is 0 Å². The van der Waals surface area contributed by atoms with Crippen molar-refractivity contribution in [1.82, 2.24) is 15.1 Å². The molecule has 23 heavy (non-hydrogen) atoms. The summed E-state index contributed by atoms with van der Waals surface area (Å²) in [6.45, 7) is 5.97. The number of hydrogen-bond acceptors (Lipinski definition) is 3. The Hall–Kier alpha value is -2.14. The van der Waals surface area contributed by atoms with Gasteiger partial charge in [-0.15, -0.1) is 0 Å². The van der Waals surface area contributed by atoms with E-state index in [2.05, 4.69) is 10.4 Å². The Morgan fingerprint density at radius 2 is 2.04 bits per heavy atom. The highest BCUT2D eigenvalue weighted by atomic mass is 16.3. The molecule has 0 aliphatic carbocycles. The molecule has 2 atom stereocenters. The van der Waals surface area contributed by atoms with Crippen molar-refractivity contribution < 1.29 is 9.90 Å². The first-order chi connectivity index (χ1) is 10.8. The monoisotopic (exact) mass is 315 g/mol. The molecule has 1 amide bonds. The average Bonchev–Trinajstić information content (AvgIpc) is 2.94. The summed E-state index contributed by atoms with van der Waals surface area (Å²) in [5.74, 6) is -0.120. The van der Waals surface area contributed by atoms with Crippen molar-refractivity contribution in [1.29, 1.82) is 0 Å². The zero-order chi connectivity index (χ0) is 17.0. The van der Waals surface area contributed by atoms with Gasteiger partial charge in [0.1, 0.15) is 5.69 Å². The molecule has 0 fully saturated rings. The van der Waals surface area contributed by atoms with Gasteiger partial charge >= 0.3 is 0 Å². The van der Waals surface area contributed by atoms with Gasteiger partial charge in [0.2, 0.25) is 0 Å². The molecule has 0 aliphatic rings. The van der Waals surface area contributed by atoms with E-state index in [9.17, 15) is 9.90 Å². The van der Waals surface area contributed by atoms with E-state index in [4.69, 9.17) is 0 Å². The number of benzene rings is 1. The van der Waals surface area contributed by atoms with E-state index in [-0.39, 0.29) is 18.4 Å². The van der Waals surface area contributed by atoms with Crippen LogP contribution < -0.4 is 5.32 Å². The molecule has 2 rings (SSSR count). The Morgan fingerprint density at radius 1 is 1.39 bits per heavy atom. The molecule has 2 aromatic rings. The molecule has 0 bridgehead atoms. The summed E-state index contributed by atoms with van der Waals surface area (Å²) >= 11 is 0. The van der Waals surface area contributed by atoms with Gasteiger partial charge in [-0.2, -0.15) is 5.10 Å². The fraction of sp³-hybridized carbons (Fsp3) is 0.444. The molecular weight excluding hydrogens is 290 g/mol. The zero-order valence-corrected chi connectivity index (χ0v) is 14.2. The van der Waals surface area contributed by atoms with Crippen LogP contribution >= 0.6 is 0 Å². The van der Waals surface area contributed by atoms with E-state index in [0.717, 1.165) is 12.0 Å². The van der Waals surface area contributed by atoms with Gasteiger partial charge in [-0.25, -0.2) is 0 Å². The number of aliphatic hydroxyl groups is 1. The molecule has 0 radical (unpaired) electrons. The molecule has 0 aliphatic heterocycles. The van der Waals surface area contributed by atoms with E-state index in [1.165, 1.54) is 0 Å². The second-order valence-electron chi connectivity index (χ2n) is 6.28. The second kappa shape index (κ2) is 6.96. The molecule has 124 valence electrons. The van der Waals surface area contributed by atoms with Crippen LogP contribution in [0.2, 0.25) is 0 Å². The lowest BCUT2D eigenvalue weighted by Gasteiger charge is -2.29. The lowest BCUT2D eigenvalue weighted by atomic mass is 9.88. The van der Waals surface area contributed by atoms with Crippen LogP contribution in [0.25, 0.3) is 11.3 Å². The first kappa shape index (κ1) is 17.2. The highest BCUT2D eigenvalue weighted by molar-refractivity contribution is 5.99. The number of aryl methyl sites for hydroxylation is 1. The summed E-state index contributed by atoms with van der Waals surface area (Å²) in [6, 6.07) is 9.61. The maximum absolute atomic E-state index is 12.5. The summed E-state index contributed by atoms with van der Waals surface area (Å²) in [6.07, 6.45) is 2.56. The third-order valence-electron chi connectivity index (χ3n) is 4.40. The normalized spacial score (nSPS) is 15.0. The average molecular weight is 315 g/mol. The van der Waals surface area contributed by atoms with Crippen LogP contribution in [-0.2, 0) is 7.05 Å². The summed E-state index contributed by atoms with van der Waals surface area (Å²) in [7, 11) is 1.79. The quantitative estimate of drug-likeness (QED) is 0.861. The highest BCUT2D eigenvalue weighted by Gasteiger charge is 2.28. The summed E-state index contributed by atoms with van der Waals surface area (Å²) in [5, 5.41) is 17.7. The summed E-state index contributed by atoms with van der Waals surface area (Å²) in [5.41, 5.74) is 1.12. The van der Waals surface area contributed by atoms with E-state index in [1.54, 1.807) is 24.9 Å². The van der Waals surface area contributed by atoms with E-state index < -0.39 is 5.60 Å². The van der Waals surface area contributed by atoms with Crippen LogP contribution in [0.3, 0.4) is 0 Å². The molecule has 0 spiro atoms.